The lowest BCUT2D eigenvalue weighted by atomic mass is 10.3. The molecule has 2 aromatic rings. The fourth-order valence-electron chi connectivity index (χ4n) is 1.46. The molecule has 2 nitrogen and oxygen atoms in total. The van der Waals surface area contributed by atoms with Crippen LogP contribution in [0.25, 0.3) is 0 Å². The summed E-state index contributed by atoms with van der Waals surface area (Å²) in [5.41, 5.74) is 0.820. The SMILES string of the molecule is O=C(CBr)Nc1cccc(Sc2ccccc2)c1. The predicted molar refractivity (Wildman–Crippen MR) is 79.4 cm³/mol. The zero-order valence-electron chi connectivity index (χ0n) is 9.60. The first-order valence-electron chi connectivity index (χ1n) is 5.47. The Morgan fingerprint density at radius 1 is 1.06 bits per heavy atom. The van der Waals surface area contributed by atoms with E-state index in [1.165, 1.54) is 4.90 Å². The van der Waals surface area contributed by atoms with Crippen LogP contribution in [-0.2, 0) is 4.79 Å². The Kier molecular flexibility index (Phi) is 4.84. The number of carbonyl (C=O) groups is 1. The summed E-state index contributed by atoms with van der Waals surface area (Å²) in [6, 6.07) is 18.0. The largest absolute Gasteiger partial charge is 0.325 e. The van der Waals surface area contributed by atoms with Crippen LogP contribution in [0.15, 0.2) is 64.4 Å². The Balaban J connectivity index is 2.10. The molecule has 2 aromatic carbocycles. The molecule has 0 spiro atoms. The number of benzene rings is 2. The minimum atomic E-state index is -0.0446. The van der Waals surface area contributed by atoms with Gasteiger partial charge in [0.05, 0.1) is 5.33 Å². The van der Waals surface area contributed by atoms with Gasteiger partial charge in [0, 0.05) is 15.5 Å². The molecule has 1 amide bonds. The van der Waals surface area contributed by atoms with Crippen molar-refractivity contribution >= 4 is 39.3 Å². The van der Waals surface area contributed by atoms with E-state index in [4.69, 9.17) is 0 Å². The zero-order valence-corrected chi connectivity index (χ0v) is 12.0. The number of rotatable bonds is 4. The Hall–Kier alpha value is -1.26. The molecular weight excluding hydrogens is 310 g/mol. The highest BCUT2D eigenvalue weighted by Gasteiger charge is 2.01. The van der Waals surface area contributed by atoms with Crippen LogP contribution in [0.5, 0.6) is 0 Å². The van der Waals surface area contributed by atoms with E-state index in [-0.39, 0.29) is 5.91 Å². The molecule has 92 valence electrons. The summed E-state index contributed by atoms with van der Waals surface area (Å²) in [6.07, 6.45) is 0. The highest BCUT2D eigenvalue weighted by atomic mass is 79.9. The molecular formula is C14H12BrNOS. The minimum absolute atomic E-state index is 0.0446. The van der Waals surface area contributed by atoms with E-state index < -0.39 is 0 Å². The number of hydrogen-bond donors (Lipinski definition) is 1. The van der Waals surface area contributed by atoms with Crippen molar-refractivity contribution in [3.63, 3.8) is 0 Å². The van der Waals surface area contributed by atoms with Crippen LogP contribution in [0.3, 0.4) is 0 Å². The number of halogens is 1. The lowest BCUT2D eigenvalue weighted by molar-refractivity contribution is -0.113. The number of hydrogen-bond acceptors (Lipinski definition) is 2. The molecule has 0 saturated heterocycles. The van der Waals surface area contributed by atoms with Gasteiger partial charge in [0.15, 0.2) is 0 Å². The molecule has 0 unspecified atom stereocenters. The predicted octanol–water partition coefficient (Wildman–Crippen LogP) is 4.17. The first kappa shape index (κ1) is 13.2. The van der Waals surface area contributed by atoms with Gasteiger partial charge >= 0.3 is 0 Å². The molecule has 4 heteroatoms. The summed E-state index contributed by atoms with van der Waals surface area (Å²) in [5.74, 6) is -0.0446. The zero-order chi connectivity index (χ0) is 12.8. The van der Waals surface area contributed by atoms with E-state index in [9.17, 15) is 4.79 Å². The van der Waals surface area contributed by atoms with Crippen molar-refractivity contribution in [2.75, 3.05) is 10.6 Å². The third-order valence-electron chi connectivity index (χ3n) is 2.22. The summed E-state index contributed by atoms with van der Waals surface area (Å²) < 4.78 is 0. The maximum absolute atomic E-state index is 11.3. The van der Waals surface area contributed by atoms with E-state index in [0.717, 1.165) is 10.6 Å². The third-order valence-corrected chi connectivity index (χ3v) is 3.72. The molecule has 0 bridgehead atoms. The standard InChI is InChI=1S/C14H12BrNOS/c15-10-14(17)16-11-5-4-8-13(9-11)18-12-6-2-1-3-7-12/h1-9H,10H2,(H,16,17). The topological polar surface area (TPSA) is 29.1 Å². The normalized spacial score (nSPS) is 10.1. The molecule has 18 heavy (non-hydrogen) atoms. The first-order chi connectivity index (χ1) is 8.78. The molecule has 0 atom stereocenters. The Labute approximate surface area is 119 Å². The second-order valence-corrected chi connectivity index (χ2v) is 5.33. The first-order valence-corrected chi connectivity index (χ1v) is 7.40. The summed E-state index contributed by atoms with van der Waals surface area (Å²) in [5, 5.41) is 3.13. The summed E-state index contributed by atoms with van der Waals surface area (Å²) in [4.78, 5) is 13.6. The lowest BCUT2D eigenvalue weighted by Crippen LogP contribution is -2.12. The number of amides is 1. The average molecular weight is 322 g/mol. The molecule has 0 aliphatic carbocycles. The molecule has 0 aromatic heterocycles. The number of nitrogens with one attached hydrogen (secondary N) is 1. The number of anilines is 1. The van der Waals surface area contributed by atoms with Crippen molar-refractivity contribution < 1.29 is 4.79 Å². The van der Waals surface area contributed by atoms with E-state index in [1.807, 2.05) is 42.5 Å². The molecule has 0 aliphatic heterocycles. The Morgan fingerprint density at radius 3 is 2.50 bits per heavy atom. The van der Waals surface area contributed by atoms with Gasteiger partial charge in [0.1, 0.15) is 0 Å². The van der Waals surface area contributed by atoms with Gasteiger partial charge in [-0.3, -0.25) is 4.79 Å². The second-order valence-electron chi connectivity index (χ2n) is 3.62. The fourth-order valence-corrected chi connectivity index (χ4v) is 2.49. The van der Waals surface area contributed by atoms with Crippen LogP contribution >= 0.6 is 27.7 Å². The molecule has 0 heterocycles. The van der Waals surface area contributed by atoms with E-state index in [1.54, 1.807) is 11.8 Å². The van der Waals surface area contributed by atoms with Gasteiger partial charge in [-0.15, -0.1) is 0 Å². The number of carbonyl (C=O) groups excluding carboxylic acids is 1. The van der Waals surface area contributed by atoms with Gasteiger partial charge in [0.2, 0.25) is 5.91 Å². The highest BCUT2D eigenvalue weighted by molar-refractivity contribution is 9.09. The fraction of sp³-hybridized carbons (Fsp3) is 0.0714. The molecule has 0 radical (unpaired) electrons. The maximum atomic E-state index is 11.3. The van der Waals surface area contributed by atoms with Gasteiger partial charge in [-0.2, -0.15) is 0 Å². The van der Waals surface area contributed by atoms with E-state index in [0.29, 0.717) is 5.33 Å². The van der Waals surface area contributed by atoms with Crippen molar-refractivity contribution in [1.29, 1.82) is 0 Å². The van der Waals surface area contributed by atoms with Crippen molar-refractivity contribution in [3.8, 4) is 0 Å². The van der Waals surface area contributed by atoms with Crippen LogP contribution in [0.1, 0.15) is 0 Å². The molecule has 0 fully saturated rings. The monoisotopic (exact) mass is 321 g/mol. The van der Waals surface area contributed by atoms with Gasteiger partial charge < -0.3 is 5.32 Å². The van der Waals surface area contributed by atoms with Crippen molar-refractivity contribution in [2.45, 2.75) is 9.79 Å². The highest BCUT2D eigenvalue weighted by Crippen LogP contribution is 2.28. The summed E-state index contributed by atoms with van der Waals surface area (Å²) >= 11 is 4.80. The van der Waals surface area contributed by atoms with Gasteiger partial charge in [-0.1, -0.05) is 52.0 Å². The van der Waals surface area contributed by atoms with Crippen LogP contribution in [-0.4, -0.2) is 11.2 Å². The van der Waals surface area contributed by atoms with Gasteiger partial charge in [-0.25, -0.2) is 0 Å². The Morgan fingerprint density at radius 2 is 1.78 bits per heavy atom. The van der Waals surface area contributed by atoms with Crippen LogP contribution in [0, 0.1) is 0 Å². The smallest absolute Gasteiger partial charge is 0.235 e. The van der Waals surface area contributed by atoms with Crippen LogP contribution in [0.2, 0.25) is 0 Å². The van der Waals surface area contributed by atoms with E-state index >= 15 is 0 Å². The second kappa shape index (κ2) is 6.61. The molecule has 1 N–H and O–H groups in total. The van der Waals surface area contributed by atoms with E-state index in [2.05, 4.69) is 33.4 Å². The van der Waals surface area contributed by atoms with Crippen LogP contribution in [0.4, 0.5) is 5.69 Å². The average Bonchev–Trinajstić information content (AvgIpc) is 2.40. The maximum Gasteiger partial charge on any atom is 0.235 e. The third kappa shape index (κ3) is 3.89. The lowest BCUT2D eigenvalue weighted by Gasteiger charge is -2.06. The molecule has 2 rings (SSSR count). The van der Waals surface area contributed by atoms with Gasteiger partial charge in [0.25, 0.3) is 0 Å². The summed E-state index contributed by atoms with van der Waals surface area (Å²) in [7, 11) is 0. The number of alkyl halides is 1. The van der Waals surface area contributed by atoms with Crippen molar-refractivity contribution in [2.24, 2.45) is 0 Å². The van der Waals surface area contributed by atoms with Crippen LogP contribution < -0.4 is 5.32 Å². The Bertz CT molecular complexity index is 530. The quantitative estimate of drug-likeness (QED) is 0.856. The summed E-state index contributed by atoms with van der Waals surface area (Å²) in [6.45, 7) is 0. The van der Waals surface area contributed by atoms with Crippen molar-refractivity contribution in [3.05, 3.63) is 54.6 Å². The van der Waals surface area contributed by atoms with Crippen molar-refractivity contribution in [1.82, 2.24) is 0 Å². The van der Waals surface area contributed by atoms with Gasteiger partial charge in [-0.05, 0) is 30.3 Å². The molecule has 0 aliphatic rings. The molecule has 0 saturated carbocycles. The minimum Gasteiger partial charge on any atom is -0.325 e.